The van der Waals surface area contributed by atoms with Crippen LogP contribution < -0.4 is 10.1 Å². The average Bonchev–Trinajstić information content (AvgIpc) is 2.72. The van der Waals surface area contributed by atoms with E-state index in [4.69, 9.17) is 4.74 Å². The number of ether oxygens (including phenoxy) is 2. The zero-order valence-corrected chi connectivity index (χ0v) is 15.6. The first-order valence-corrected chi connectivity index (χ1v) is 8.80. The number of rotatable bonds is 10. The monoisotopic (exact) mass is 371 g/mol. The molecule has 0 bridgehead atoms. The molecule has 0 amide bonds. The minimum absolute atomic E-state index is 0.0487. The molecule has 0 fully saturated rings. The number of nitrogens with one attached hydrogen (secondary N) is 1. The molecule has 2 aromatic rings. The molecule has 27 heavy (non-hydrogen) atoms. The Hall–Kier alpha value is -2.70. The summed E-state index contributed by atoms with van der Waals surface area (Å²) in [6.45, 7) is 2.12. The quantitative estimate of drug-likeness (QED) is 0.493. The molecule has 0 saturated carbocycles. The van der Waals surface area contributed by atoms with Gasteiger partial charge in [-0.15, -0.1) is 0 Å². The Morgan fingerprint density at radius 3 is 2.56 bits per heavy atom. The summed E-state index contributed by atoms with van der Waals surface area (Å²) in [7, 11) is 1.29. The molecule has 2 atom stereocenters. The van der Waals surface area contributed by atoms with E-state index in [1.165, 1.54) is 7.11 Å². The summed E-state index contributed by atoms with van der Waals surface area (Å²) in [5.41, 5.74) is 1.34. The second-order valence-corrected chi connectivity index (χ2v) is 6.16. The van der Waals surface area contributed by atoms with Gasteiger partial charge in [0.1, 0.15) is 5.75 Å². The van der Waals surface area contributed by atoms with Gasteiger partial charge in [-0.1, -0.05) is 42.5 Å². The molecule has 0 heterocycles. The van der Waals surface area contributed by atoms with Crippen LogP contribution in [0.4, 0.5) is 0 Å². The molecule has 6 heteroatoms. The van der Waals surface area contributed by atoms with Crippen molar-refractivity contribution in [2.24, 2.45) is 0 Å². The summed E-state index contributed by atoms with van der Waals surface area (Å²) < 4.78 is 9.81. The van der Waals surface area contributed by atoms with E-state index >= 15 is 0 Å². The Labute approximate surface area is 159 Å². The highest BCUT2D eigenvalue weighted by Gasteiger charge is 2.16. The second kappa shape index (κ2) is 10.4. The Morgan fingerprint density at radius 2 is 1.85 bits per heavy atom. The van der Waals surface area contributed by atoms with Gasteiger partial charge in [0.2, 0.25) is 0 Å². The maximum atomic E-state index is 12.4. The molecule has 2 rings (SSSR count). The third-order valence-corrected chi connectivity index (χ3v) is 4.17. The third-order valence-electron chi connectivity index (χ3n) is 4.17. The molecule has 2 aromatic carbocycles. The fourth-order valence-electron chi connectivity index (χ4n) is 2.57. The number of aliphatic hydroxyl groups is 1. The van der Waals surface area contributed by atoms with Crippen molar-refractivity contribution in [2.45, 2.75) is 25.5 Å². The Kier molecular flexibility index (Phi) is 7.98. The van der Waals surface area contributed by atoms with Crippen LogP contribution >= 0.6 is 0 Å². The SMILES string of the molecule is COC(=O)COc1cccc(C(=O)CCNC(C)C(O)c2ccccc2)c1. The molecule has 0 radical (unpaired) electrons. The van der Waals surface area contributed by atoms with Crippen molar-refractivity contribution in [2.75, 3.05) is 20.3 Å². The van der Waals surface area contributed by atoms with Gasteiger partial charge in [-0.05, 0) is 24.6 Å². The molecule has 2 unspecified atom stereocenters. The van der Waals surface area contributed by atoms with Crippen LogP contribution in [0, 0.1) is 0 Å². The third kappa shape index (κ3) is 6.51. The number of benzene rings is 2. The van der Waals surface area contributed by atoms with Crippen molar-refractivity contribution >= 4 is 11.8 Å². The molecule has 144 valence electrons. The Bertz CT molecular complexity index is 747. The van der Waals surface area contributed by atoms with Crippen molar-refractivity contribution in [1.29, 1.82) is 0 Å². The first-order chi connectivity index (χ1) is 13.0. The molecule has 0 aliphatic heterocycles. The van der Waals surface area contributed by atoms with Crippen molar-refractivity contribution in [3.63, 3.8) is 0 Å². The maximum Gasteiger partial charge on any atom is 0.343 e. The van der Waals surface area contributed by atoms with Gasteiger partial charge in [0.15, 0.2) is 12.4 Å². The van der Waals surface area contributed by atoms with Gasteiger partial charge in [-0.3, -0.25) is 4.79 Å². The number of methoxy groups -OCH3 is 1. The van der Waals surface area contributed by atoms with Crippen LogP contribution in [-0.4, -0.2) is 43.2 Å². The highest BCUT2D eigenvalue weighted by atomic mass is 16.6. The van der Waals surface area contributed by atoms with Gasteiger partial charge in [-0.2, -0.15) is 0 Å². The number of esters is 1. The largest absolute Gasteiger partial charge is 0.482 e. The van der Waals surface area contributed by atoms with Crippen LogP contribution in [-0.2, 0) is 9.53 Å². The van der Waals surface area contributed by atoms with Crippen LogP contribution in [0.25, 0.3) is 0 Å². The van der Waals surface area contributed by atoms with Crippen LogP contribution in [0.1, 0.15) is 35.4 Å². The van der Waals surface area contributed by atoms with E-state index in [0.717, 1.165) is 5.56 Å². The number of hydrogen-bond acceptors (Lipinski definition) is 6. The lowest BCUT2D eigenvalue weighted by atomic mass is 10.0. The highest BCUT2D eigenvalue weighted by Crippen LogP contribution is 2.17. The van der Waals surface area contributed by atoms with E-state index in [1.54, 1.807) is 24.3 Å². The average molecular weight is 371 g/mol. The lowest BCUT2D eigenvalue weighted by molar-refractivity contribution is -0.142. The first kappa shape index (κ1) is 20.6. The molecule has 0 saturated heterocycles. The number of carbonyl (C=O) groups excluding carboxylic acids is 2. The zero-order valence-electron chi connectivity index (χ0n) is 15.6. The van der Waals surface area contributed by atoms with Crippen molar-refractivity contribution < 1.29 is 24.2 Å². The Morgan fingerprint density at radius 1 is 1.11 bits per heavy atom. The van der Waals surface area contributed by atoms with Gasteiger partial charge in [0.05, 0.1) is 13.2 Å². The second-order valence-electron chi connectivity index (χ2n) is 6.16. The predicted octanol–water partition coefficient (Wildman–Crippen LogP) is 2.52. The van der Waals surface area contributed by atoms with Crippen molar-refractivity contribution in [1.82, 2.24) is 5.32 Å². The van der Waals surface area contributed by atoms with Gasteiger partial charge >= 0.3 is 5.97 Å². The lowest BCUT2D eigenvalue weighted by Crippen LogP contribution is -2.33. The van der Waals surface area contributed by atoms with E-state index in [2.05, 4.69) is 10.1 Å². The van der Waals surface area contributed by atoms with Gasteiger partial charge in [-0.25, -0.2) is 4.79 Å². The molecule has 2 N–H and O–H groups in total. The molecule has 0 aliphatic carbocycles. The molecular formula is C21H25NO5. The molecular weight excluding hydrogens is 346 g/mol. The molecule has 6 nitrogen and oxygen atoms in total. The van der Waals surface area contributed by atoms with Gasteiger partial charge in [0, 0.05) is 24.6 Å². The van der Waals surface area contributed by atoms with Gasteiger partial charge in [0.25, 0.3) is 0 Å². The summed E-state index contributed by atoms with van der Waals surface area (Å²) in [6, 6.07) is 15.9. The molecule has 0 aliphatic rings. The fraction of sp³-hybridized carbons (Fsp3) is 0.333. The number of ketones is 1. The van der Waals surface area contributed by atoms with E-state index in [1.807, 2.05) is 37.3 Å². The first-order valence-electron chi connectivity index (χ1n) is 8.80. The number of carbonyl (C=O) groups is 2. The number of Topliss-reactive ketones (excluding diaryl/α,β-unsaturated/α-hetero) is 1. The van der Waals surface area contributed by atoms with Crippen LogP contribution in [0.3, 0.4) is 0 Å². The van der Waals surface area contributed by atoms with Crippen molar-refractivity contribution in [3.8, 4) is 5.75 Å². The normalized spacial score (nSPS) is 12.9. The zero-order chi connectivity index (χ0) is 19.6. The maximum absolute atomic E-state index is 12.4. The highest BCUT2D eigenvalue weighted by molar-refractivity contribution is 5.96. The number of aliphatic hydroxyl groups excluding tert-OH is 1. The lowest BCUT2D eigenvalue weighted by Gasteiger charge is -2.20. The van der Waals surface area contributed by atoms with E-state index < -0.39 is 12.1 Å². The fourth-order valence-corrected chi connectivity index (χ4v) is 2.57. The summed E-state index contributed by atoms with van der Waals surface area (Å²) in [5.74, 6) is -0.0959. The van der Waals surface area contributed by atoms with E-state index in [-0.39, 0.29) is 24.9 Å². The minimum Gasteiger partial charge on any atom is -0.482 e. The summed E-state index contributed by atoms with van der Waals surface area (Å²) in [5, 5.41) is 13.5. The predicted molar refractivity (Wildman–Crippen MR) is 102 cm³/mol. The van der Waals surface area contributed by atoms with Gasteiger partial charge < -0.3 is 19.9 Å². The summed E-state index contributed by atoms with van der Waals surface area (Å²) >= 11 is 0. The Balaban J connectivity index is 1.82. The summed E-state index contributed by atoms with van der Waals surface area (Å²) in [4.78, 5) is 23.5. The van der Waals surface area contributed by atoms with Crippen LogP contribution in [0.5, 0.6) is 5.75 Å². The van der Waals surface area contributed by atoms with Crippen molar-refractivity contribution in [3.05, 3.63) is 65.7 Å². The standard InChI is InChI=1S/C21H25NO5/c1-15(21(25)16-7-4-3-5-8-16)22-12-11-19(23)17-9-6-10-18(13-17)27-14-20(24)26-2/h3-10,13,15,21-22,25H,11-12,14H2,1-2H3. The van der Waals surface area contributed by atoms with E-state index in [9.17, 15) is 14.7 Å². The van der Waals surface area contributed by atoms with Crippen LogP contribution in [0.2, 0.25) is 0 Å². The topological polar surface area (TPSA) is 84.9 Å². The van der Waals surface area contributed by atoms with E-state index in [0.29, 0.717) is 17.9 Å². The van der Waals surface area contributed by atoms with Crippen LogP contribution in [0.15, 0.2) is 54.6 Å². The molecule has 0 spiro atoms. The summed E-state index contributed by atoms with van der Waals surface area (Å²) in [6.07, 6.45) is -0.358. The number of hydrogen-bond donors (Lipinski definition) is 2. The smallest absolute Gasteiger partial charge is 0.343 e. The minimum atomic E-state index is -0.642. The molecule has 0 aromatic heterocycles.